The van der Waals surface area contributed by atoms with Gasteiger partial charge >= 0.3 is 0 Å². The summed E-state index contributed by atoms with van der Waals surface area (Å²) in [6.45, 7) is 6.02. The zero-order chi connectivity index (χ0) is 17.3. The monoisotopic (exact) mass is 326 g/mol. The summed E-state index contributed by atoms with van der Waals surface area (Å²) in [5.41, 5.74) is 1.19. The van der Waals surface area contributed by atoms with Gasteiger partial charge in [-0.15, -0.1) is 0 Å². The van der Waals surface area contributed by atoms with Crippen LogP contribution >= 0.6 is 0 Å². The fourth-order valence-corrected chi connectivity index (χ4v) is 2.99. The highest BCUT2D eigenvalue weighted by atomic mass is 16.2. The Labute approximate surface area is 141 Å². The van der Waals surface area contributed by atoms with E-state index >= 15 is 0 Å². The number of nitrogens with zero attached hydrogens (tertiary/aromatic N) is 3. The third kappa shape index (κ3) is 3.04. The summed E-state index contributed by atoms with van der Waals surface area (Å²) in [6, 6.07) is 9.29. The molecule has 6 nitrogen and oxygen atoms in total. The van der Waals surface area contributed by atoms with Crippen molar-refractivity contribution in [2.75, 3.05) is 4.90 Å². The van der Waals surface area contributed by atoms with Gasteiger partial charge in [-0.2, -0.15) is 0 Å². The fraction of sp³-hybridized carbons (Fsp3) is 0.389. The minimum Gasteiger partial charge on any atom is -0.339 e. The number of benzene rings is 1. The SMILES string of the molecule is CC(C)n1cnc(C(=O)N[C@H]2C[C@@H](C)N(c3ccccc3)C2=O)c1. The minimum atomic E-state index is -0.517. The Hall–Kier alpha value is -2.63. The zero-order valence-electron chi connectivity index (χ0n) is 14.1. The summed E-state index contributed by atoms with van der Waals surface area (Å²) in [5, 5.41) is 2.82. The molecular weight excluding hydrogens is 304 g/mol. The van der Waals surface area contributed by atoms with Crippen LogP contribution in [-0.2, 0) is 4.79 Å². The molecule has 0 radical (unpaired) electrons. The van der Waals surface area contributed by atoms with Gasteiger partial charge in [-0.25, -0.2) is 4.98 Å². The lowest BCUT2D eigenvalue weighted by molar-refractivity contribution is -0.118. The molecule has 1 fully saturated rings. The Kier molecular flexibility index (Phi) is 4.38. The molecule has 1 aromatic carbocycles. The molecule has 1 saturated heterocycles. The summed E-state index contributed by atoms with van der Waals surface area (Å²) >= 11 is 0. The van der Waals surface area contributed by atoms with Crippen LogP contribution in [-0.4, -0.2) is 33.4 Å². The molecule has 1 aromatic heterocycles. The van der Waals surface area contributed by atoms with Crippen molar-refractivity contribution in [2.24, 2.45) is 0 Å². The molecule has 1 aliphatic heterocycles. The van der Waals surface area contributed by atoms with Crippen LogP contribution in [0.3, 0.4) is 0 Å². The Morgan fingerprint density at radius 3 is 2.62 bits per heavy atom. The first-order valence-electron chi connectivity index (χ1n) is 8.20. The van der Waals surface area contributed by atoms with Crippen molar-refractivity contribution in [1.82, 2.24) is 14.9 Å². The van der Waals surface area contributed by atoms with Gasteiger partial charge in [0.2, 0.25) is 5.91 Å². The van der Waals surface area contributed by atoms with E-state index in [0.29, 0.717) is 12.1 Å². The second kappa shape index (κ2) is 6.47. The highest BCUT2D eigenvalue weighted by molar-refractivity contribution is 6.03. The molecule has 2 amide bonds. The molecule has 2 atom stereocenters. The van der Waals surface area contributed by atoms with E-state index in [-0.39, 0.29) is 23.9 Å². The third-order valence-electron chi connectivity index (χ3n) is 4.32. The van der Waals surface area contributed by atoms with E-state index < -0.39 is 6.04 Å². The maximum Gasteiger partial charge on any atom is 0.272 e. The number of para-hydroxylation sites is 1. The molecule has 0 saturated carbocycles. The molecule has 24 heavy (non-hydrogen) atoms. The summed E-state index contributed by atoms with van der Waals surface area (Å²) in [6.07, 6.45) is 3.93. The second-order valence-corrected chi connectivity index (χ2v) is 6.45. The van der Waals surface area contributed by atoms with Crippen molar-refractivity contribution >= 4 is 17.5 Å². The molecule has 1 N–H and O–H groups in total. The van der Waals surface area contributed by atoms with E-state index in [1.54, 1.807) is 17.4 Å². The summed E-state index contributed by atoms with van der Waals surface area (Å²) in [5.74, 6) is -0.389. The third-order valence-corrected chi connectivity index (χ3v) is 4.32. The van der Waals surface area contributed by atoms with Crippen LogP contribution in [0.5, 0.6) is 0 Å². The van der Waals surface area contributed by atoms with Crippen molar-refractivity contribution < 1.29 is 9.59 Å². The summed E-state index contributed by atoms with van der Waals surface area (Å²) in [4.78, 5) is 30.9. The van der Waals surface area contributed by atoms with Crippen LogP contribution < -0.4 is 10.2 Å². The number of carbonyl (C=O) groups excluding carboxylic acids is 2. The Balaban J connectivity index is 1.71. The minimum absolute atomic E-state index is 0.0402. The lowest BCUT2D eigenvalue weighted by Gasteiger charge is -2.21. The Bertz CT molecular complexity index is 738. The van der Waals surface area contributed by atoms with E-state index in [4.69, 9.17) is 0 Å². The van der Waals surface area contributed by atoms with Crippen molar-refractivity contribution in [3.63, 3.8) is 0 Å². The normalized spacial score (nSPS) is 20.7. The number of hydrogen-bond donors (Lipinski definition) is 1. The number of carbonyl (C=O) groups is 2. The van der Waals surface area contributed by atoms with Gasteiger partial charge < -0.3 is 14.8 Å². The molecule has 126 valence electrons. The van der Waals surface area contributed by atoms with Crippen molar-refractivity contribution in [1.29, 1.82) is 0 Å². The van der Waals surface area contributed by atoms with E-state index in [1.165, 1.54) is 0 Å². The van der Waals surface area contributed by atoms with Gasteiger partial charge in [-0.3, -0.25) is 9.59 Å². The first-order chi connectivity index (χ1) is 11.5. The maximum absolute atomic E-state index is 12.7. The van der Waals surface area contributed by atoms with Crippen LogP contribution in [0.25, 0.3) is 0 Å². The smallest absolute Gasteiger partial charge is 0.272 e. The van der Waals surface area contributed by atoms with Crippen molar-refractivity contribution in [3.05, 3.63) is 48.5 Å². The highest BCUT2D eigenvalue weighted by Gasteiger charge is 2.39. The number of rotatable bonds is 4. The standard InChI is InChI=1S/C18H22N4O2/c1-12(2)21-10-16(19-11-21)17(23)20-15-9-13(3)22(18(15)24)14-7-5-4-6-8-14/h4-8,10-13,15H,9H2,1-3H3,(H,20,23)/t13-,15+/m1/s1. The first-order valence-corrected chi connectivity index (χ1v) is 8.20. The number of aromatic nitrogens is 2. The van der Waals surface area contributed by atoms with Crippen LogP contribution in [0, 0.1) is 0 Å². The van der Waals surface area contributed by atoms with Gasteiger partial charge in [0.05, 0.1) is 6.33 Å². The Morgan fingerprint density at radius 1 is 1.29 bits per heavy atom. The molecule has 0 aliphatic carbocycles. The predicted molar refractivity (Wildman–Crippen MR) is 91.9 cm³/mol. The number of nitrogens with one attached hydrogen (secondary N) is 1. The fourth-order valence-electron chi connectivity index (χ4n) is 2.99. The number of amides is 2. The molecule has 0 bridgehead atoms. The average Bonchev–Trinajstić information content (AvgIpc) is 3.14. The summed E-state index contributed by atoms with van der Waals surface area (Å²) in [7, 11) is 0. The van der Waals surface area contributed by atoms with Crippen LogP contribution in [0.2, 0.25) is 0 Å². The number of anilines is 1. The maximum atomic E-state index is 12.7. The topological polar surface area (TPSA) is 67.2 Å². The largest absolute Gasteiger partial charge is 0.339 e. The summed E-state index contributed by atoms with van der Waals surface area (Å²) < 4.78 is 1.87. The van der Waals surface area contributed by atoms with Gasteiger partial charge in [0.25, 0.3) is 5.91 Å². The highest BCUT2D eigenvalue weighted by Crippen LogP contribution is 2.26. The van der Waals surface area contributed by atoms with Gasteiger partial charge in [0.1, 0.15) is 11.7 Å². The van der Waals surface area contributed by atoms with Gasteiger partial charge in [0, 0.05) is 24.0 Å². The van der Waals surface area contributed by atoms with Crippen LogP contribution in [0.4, 0.5) is 5.69 Å². The van der Waals surface area contributed by atoms with E-state index in [1.807, 2.05) is 55.7 Å². The average molecular weight is 326 g/mol. The van der Waals surface area contributed by atoms with Gasteiger partial charge in [0.15, 0.2) is 0 Å². The molecule has 0 spiro atoms. The quantitative estimate of drug-likeness (QED) is 0.938. The van der Waals surface area contributed by atoms with E-state index in [0.717, 1.165) is 5.69 Å². The molecule has 3 rings (SSSR count). The predicted octanol–water partition coefficient (Wildman–Crippen LogP) is 2.39. The molecule has 6 heteroatoms. The molecule has 0 unspecified atom stereocenters. The first kappa shape index (κ1) is 16.2. The number of hydrogen-bond acceptors (Lipinski definition) is 3. The molecule has 2 heterocycles. The zero-order valence-corrected chi connectivity index (χ0v) is 14.1. The lowest BCUT2D eigenvalue weighted by atomic mass is 10.2. The van der Waals surface area contributed by atoms with Crippen molar-refractivity contribution in [2.45, 2.75) is 45.3 Å². The van der Waals surface area contributed by atoms with Gasteiger partial charge in [-0.05, 0) is 39.3 Å². The lowest BCUT2D eigenvalue weighted by Crippen LogP contribution is -2.42. The second-order valence-electron chi connectivity index (χ2n) is 6.45. The van der Waals surface area contributed by atoms with Crippen LogP contribution in [0.1, 0.15) is 43.7 Å². The van der Waals surface area contributed by atoms with Gasteiger partial charge in [-0.1, -0.05) is 18.2 Å². The number of imidazole rings is 1. The van der Waals surface area contributed by atoms with Crippen molar-refractivity contribution in [3.8, 4) is 0 Å². The Morgan fingerprint density at radius 2 is 2.00 bits per heavy atom. The molecule has 2 aromatic rings. The molecular formula is C18H22N4O2. The van der Waals surface area contributed by atoms with E-state index in [2.05, 4.69) is 10.3 Å². The van der Waals surface area contributed by atoms with E-state index in [9.17, 15) is 9.59 Å². The van der Waals surface area contributed by atoms with Crippen LogP contribution in [0.15, 0.2) is 42.9 Å². The molecule has 1 aliphatic rings.